The fourth-order valence-corrected chi connectivity index (χ4v) is 2.76. The van der Waals surface area contributed by atoms with Crippen molar-refractivity contribution >= 4 is 35.5 Å². The van der Waals surface area contributed by atoms with Crippen molar-refractivity contribution in [2.45, 2.75) is 18.1 Å². The molecule has 0 radical (unpaired) electrons. The molecule has 0 saturated heterocycles. The predicted molar refractivity (Wildman–Crippen MR) is 80.6 cm³/mol. The van der Waals surface area contributed by atoms with Crippen LogP contribution in [0.15, 0.2) is 41.1 Å². The monoisotopic (exact) mass is 301 g/mol. The smallest absolute Gasteiger partial charge is 0.187 e. The van der Waals surface area contributed by atoms with E-state index in [0.717, 1.165) is 30.4 Å². The third-order valence-electron chi connectivity index (χ3n) is 2.15. The van der Waals surface area contributed by atoms with Crippen LogP contribution in [-0.2, 0) is 6.54 Å². The summed E-state index contributed by atoms with van der Waals surface area (Å²) in [5.41, 5.74) is 0. The Morgan fingerprint density at radius 3 is 2.78 bits per heavy atom. The average Bonchev–Trinajstić information content (AvgIpc) is 2.88. The predicted octanol–water partition coefficient (Wildman–Crippen LogP) is 3.23. The van der Waals surface area contributed by atoms with Gasteiger partial charge in [-0.05, 0) is 30.5 Å². The zero-order valence-corrected chi connectivity index (χ0v) is 12.4. The lowest BCUT2D eigenvalue weighted by Gasteiger charge is -2.02. The molecule has 98 valence electrons. The van der Waals surface area contributed by atoms with Gasteiger partial charge in [-0.1, -0.05) is 17.8 Å². The second kappa shape index (κ2) is 9.33. The molecule has 2 heterocycles. The van der Waals surface area contributed by atoms with Crippen LogP contribution in [0.3, 0.4) is 0 Å². The lowest BCUT2D eigenvalue weighted by Crippen LogP contribution is -2.14. The Morgan fingerprint density at radius 1 is 1.22 bits per heavy atom. The second-order valence-corrected chi connectivity index (χ2v) is 5.58. The van der Waals surface area contributed by atoms with Gasteiger partial charge in [-0.15, -0.1) is 23.7 Å². The van der Waals surface area contributed by atoms with Crippen LogP contribution in [0, 0.1) is 0 Å². The van der Waals surface area contributed by atoms with Gasteiger partial charge in [-0.3, -0.25) is 0 Å². The van der Waals surface area contributed by atoms with Gasteiger partial charge < -0.3 is 5.32 Å². The van der Waals surface area contributed by atoms with Crippen molar-refractivity contribution in [2.75, 3.05) is 12.3 Å². The van der Waals surface area contributed by atoms with Crippen molar-refractivity contribution in [3.05, 3.63) is 40.8 Å². The lowest BCUT2D eigenvalue weighted by atomic mass is 10.4. The van der Waals surface area contributed by atoms with Crippen LogP contribution >= 0.6 is 35.5 Å². The van der Waals surface area contributed by atoms with Gasteiger partial charge in [0.2, 0.25) is 0 Å². The first-order chi connectivity index (χ1) is 8.45. The number of hydrogen-bond acceptors (Lipinski definition) is 5. The van der Waals surface area contributed by atoms with Crippen LogP contribution in [0.1, 0.15) is 11.3 Å². The number of nitrogens with zero attached hydrogens (tertiary/aromatic N) is 2. The Balaban J connectivity index is 0.00000162. The molecule has 0 aliphatic heterocycles. The summed E-state index contributed by atoms with van der Waals surface area (Å²) in [4.78, 5) is 9.73. The van der Waals surface area contributed by atoms with E-state index in [1.807, 2.05) is 6.07 Å². The Bertz CT molecular complexity index is 409. The van der Waals surface area contributed by atoms with Gasteiger partial charge in [0.1, 0.15) is 0 Å². The molecular weight excluding hydrogens is 286 g/mol. The van der Waals surface area contributed by atoms with Gasteiger partial charge in [0, 0.05) is 29.6 Å². The second-order valence-electron chi connectivity index (χ2n) is 3.49. The molecule has 0 spiro atoms. The molecule has 2 aromatic rings. The van der Waals surface area contributed by atoms with Crippen LogP contribution < -0.4 is 5.32 Å². The van der Waals surface area contributed by atoms with Crippen LogP contribution in [0.5, 0.6) is 0 Å². The largest absolute Gasteiger partial charge is 0.312 e. The van der Waals surface area contributed by atoms with E-state index >= 15 is 0 Å². The highest BCUT2D eigenvalue weighted by Gasteiger charge is 1.96. The number of nitrogens with one attached hydrogen (secondary N) is 1. The standard InChI is InChI=1S/C12H15N3S2.ClH/c1-4-11(16-8-1)10-13-5-3-9-17-12-14-6-2-7-15-12;/h1-2,4,6-8,13H,3,5,9-10H2;1H. The molecule has 0 saturated carbocycles. The Labute approximate surface area is 122 Å². The highest BCUT2D eigenvalue weighted by atomic mass is 35.5. The highest BCUT2D eigenvalue weighted by molar-refractivity contribution is 7.99. The van der Waals surface area contributed by atoms with Crippen LogP contribution in [-0.4, -0.2) is 22.3 Å². The summed E-state index contributed by atoms with van der Waals surface area (Å²) in [6.07, 6.45) is 4.70. The third-order valence-corrected chi connectivity index (χ3v) is 3.99. The number of thiophene rings is 1. The maximum absolute atomic E-state index is 4.17. The molecule has 1 N–H and O–H groups in total. The van der Waals surface area contributed by atoms with E-state index in [-0.39, 0.29) is 12.4 Å². The van der Waals surface area contributed by atoms with Gasteiger partial charge in [-0.2, -0.15) is 0 Å². The first kappa shape index (κ1) is 15.4. The molecule has 0 aliphatic rings. The molecule has 6 heteroatoms. The molecule has 0 unspecified atom stereocenters. The maximum atomic E-state index is 4.17. The summed E-state index contributed by atoms with van der Waals surface area (Å²) >= 11 is 3.50. The lowest BCUT2D eigenvalue weighted by molar-refractivity contribution is 0.685. The molecule has 0 atom stereocenters. The van der Waals surface area contributed by atoms with Gasteiger partial charge in [0.25, 0.3) is 0 Å². The SMILES string of the molecule is Cl.c1cnc(SCCCNCc2cccs2)nc1. The van der Waals surface area contributed by atoms with Gasteiger partial charge >= 0.3 is 0 Å². The minimum absolute atomic E-state index is 0. The zero-order valence-electron chi connectivity index (χ0n) is 9.91. The average molecular weight is 302 g/mol. The minimum Gasteiger partial charge on any atom is -0.312 e. The molecule has 18 heavy (non-hydrogen) atoms. The Morgan fingerprint density at radius 2 is 2.06 bits per heavy atom. The Hall–Kier alpha value is -0.620. The first-order valence-corrected chi connectivity index (χ1v) is 7.44. The van der Waals surface area contributed by atoms with E-state index in [1.165, 1.54) is 4.88 Å². The van der Waals surface area contributed by atoms with Crippen LogP contribution in [0.25, 0.3) is 0 Å². The van der Waals surface area contributed by atoms with Crippen molar-refractivity contribution in [3.8, 4) is 0 Å². The van der Waals surface area contributed by atoms with Crippen LogP contribution in [0.2, 0.25) is 0 Å². The van der Waals surface area contributed by atoms with Crippen molar-refractivity contribution in [3.63, 3.8) is 0 Å². The zero-order chi connectivity index (χ0) is 11.8. The summed E-state index contributed by atoms with van der Waals surface area (Å²) in [6.45, 7) is 2.02. The van der Waals surface area contributed by atoms with Gasteiger partial charge in [0.05, 0.1) is 0 Å². The molecule has 3 nitrogen and oxygen atoms in total. The van der Waals surface area contributed by atoms with E-state index in [2.05, 4.69) is 32.8 Å². The molecule has 0 aliphatic carbocycles. The normalized spacial score (nSPS) is 10.0. The molecule has 0 amide bonds. The van der Waals surface area contributed by atoms with E-state index in [9.17, 15) is 0 Å². The number of hydrogen-bond donors (Lipinski definition) is 1. The molecule has 0 bridgehead atoms. The molecule has 0 aromatic carbocycles. The van der Waals surface area contributed by atoms with E-state index < -0.39 is 0 Å². The van der Waals surface area contributed by atoms with Gasteiger partial charge in [-0.25, -0.2) is 9.97 Å². The molecular formula is C12H16ClN3S2. The number of halogens is 1. The van der Waals surface area contributed by atoms with Gasteiger partial charge in [0.15, 0.2) is 5.16 Å². The minimum atomic E-state index is 0. The summed E-state index contributed by atoms with van der Waals surface area (Å²) in [7, 11) is 0. The summed E-state index contributed by atoms with van der Waals surface area (Å²) in [6, 6.07) is 6.08. The van der Waals surface area contributed by atoms with Crippen molar-refractivity contribution in [1.82, 2.24) is 15.3 Å². The van der Waals surface area contributed by atoms with Crippen molar-refractivity contribution < 1.29 is 0 Å². The third kappa shape index (κ3) is 5.82. The number of aromatic nitrogens is 2. The summed E-state index contributed by atoms with van der Waals surface area (Å²) in [5, 5.41) is 6.41. The van der Waals surface area contributed by atoms with Crippen molar-refractivity contribution in [2.24, 2.45) is 0 Å². The van der Waals surface area contributed by atoms with Crippen LogP contribution in [0.4, 0.5) is 0 Å². The van der Waals surface area contributed by atoms with E-state index in [1.54, 1.807) is 35.5 Å². The fourth-order valence-electron chi connectivity index (χ4n) is 1.35. The fraction of sp³-hybridized carbons (Fsp3) is 0.333. The topological polar surface area (TPSA) is 37.8 Å². The molecule has 2 aromatic heterocycles. The molecule has 2 rings (SSSR count). The summed E-state index contributed by atoms with van der Waals surface area (Å²) in [5.74, 6) is 1.06. The van der Waals surface area contributed by atoms with Crippen molar-refractivity contribution in [1.29, 1.82) is 0 Å². The Kier molecular flexibility index (Phi) is 8.00. The molecule has 0 fully saturated rings. The number of thioether (sulfide) groups is 1. The summed E-state index contributed by atoms with van der Waals surface area (Å²) < 4.78 is 0. The highest BCUT2D eigenvalue weighted by Crippen LogP contribution is 2.11. The maximum Gasteiger partial charge on any atom is 0.187 e. The first-order valence-electron chi connectivity index (χ1n) is 5.58. The quantitative estimate of drug-likeness (QED) is 0.484. The van der Waals surface area contributed by atoms with E-state index in [0.29, 0.717) is 0 Å². The van der Waals surface area contributed by atoms with E-state index in [4.69, 9.17) is 0 Å². The number of rotatable bonds is 7.